The number of hydrogen-bond donors (Lipinski definition) is 2. The lowest BCUT2D eigenvalue weighted by Crippen LogP contribution is -2.90. The van der Waals surface area contributed by atoms with Crippen molar-refractivity contribution in [3.8, 4) is 0 Å². The fourth-order valence-electron chi connectivity index (χ4n) is 2.95. The lowest BCUT2D eigenvalue weighted by Gasteiger charge is -2.15. The summed E-state index contributed by atoms with van der Waals surface area (Å²) in [5.74, 6) is -0.692. The summed E-state index contributed by atoms with van der Waals surface area (Å²) in [7, 11) is 0. The first-order valence-electron chi connectivity index (χ1n) is 8.37. The highest BCUT2D eigenvalue weighted by molar-refractivity contribution is 6.42. The van der Waals surface area contributed by atoms with Crippen LogP contribution in [0.4, 0.5) is 11.4 Å². The van der Waals surface area contributed by atoms with Crippen molar-refractivity contribution in [2.75, 3.05) is 10.2 Å². The van der Waals surface area contributed by atoms with Crippen molar-refractivity contribution in [1.82, 2.24) is 0 Å². The molecule has 3 amide bonds. The summed E-state index contributed by atoms with van der Waals surface area (Å²) in [6.45, 7) is 1.92. The normalized spacial score (nSPS) is 16.7. The minimum absolute atomic E-state index is 0.133. The van der Waals surface area contributed by atoms with E-state index in [9.17, 15) is 14.4 Å². The third-order valence-corrected chi connectivity index (χ3v) is 4.99. The van der Waals surface area contributed by atoms with Gasteiger partial charge in [0.05, 0.1) is 22.2 Å². The molecule has 6 nitrogen and oxygen atoms in total. The van der Waals surface area contributed by atoms with Gasteiger partial charge in [-0.15, -0.1) is 0 Å². The van der Waals surface area contributed by atoms with Gasteiger partial charge >= 0.3 is 0 Å². The Kier molecular flexibility index (Phi) is 5.79. The number of nitrogens with one attached hydrogen (secondary N) is 1. The van der Waals surface area contributed by atoms with Crippen molar-refractivity contribution in [2.24, 2.45) is 0 Å². The van der Waals surface area contributed by atoms with E-state index in [1.54, 1.807) is 36.4 Å². The number of imide groups is 1. The molecule has 0 aromatic heterocycles. The number of benzene rings is 2. The summed E-state index contributed by atoms with van der Waals surface area (Å²) in [4.78, 5) is 37.3. The van der Waals surface area contributed by atoms with Gasteiger partial charge in [0.15, 0.2) is 6.04 Å². The zero-order valence-electron chi connectivity index (χ0n) is 14.5. The summed E-state index contributed by atoms with van der Waals surface area (Å²) in [5.41, 5.74) is 2.01. The maximum Gasteiger partial charge on any atom is 0.292 e. The van der Waals surface area contributed by atoms with Gasteiger partial charge in [0.2, 0.25) is 11.8 Å². The Labute approximate surface area is 166 Å². The number of halogens is 2. The van der Waals surface area contributed by atoms with Crippen LogP contribution in [0, 0.1) is 0 Å². The number of anilines is 2. The Morgan fingerprint density at radius 2 is 1.85 bits per heavy atom. The Bertz CT molecular complexity index is 900. The van der Waals surface area contributed by atoms with Crippen molar-refractivity contribution in [3.63, 3.8) is 0 Å². The molecule has 1 fully saturated rings. The highest BCUT2D eigenvalue weighted by Gasteiger charge is 2.42. The molecule has 0 unspecified atom stereocenters. The standard InChI is InChI=1S/C19H17Cl2N3O3/c1-11(25)23-13-3-5-14(6-4-13)24-18(26)9-17(19(24)27)22-10-12-2-7-15(20)16(21)8-12/h2-8,17,22H,9-10H2,1H3,(H,23,25)/p+1/t17-/m1/s1. The first-order chi connectivity index (χ1) is 12.8. The number of hydrogen-bond acceptors (Lipinski definition) is 3. The highest BCUT2D eigenvalue weighted by Crippen LogP contribution is 2.24. The SMILES string of the molecule is CC(=O)Nc1ccc(N2C(=O)C[C@@H]([NH2+]Cc3ccc(Cl)c(Cl)c3)C2=O)cc1. The zero-order chi connectivity index (χ0) is 19.6. The molecule has 0 aliphatic carbocycles. The molecule has 27 heavy (non-hydrogen) atoms. The van der Waals surface area contributed by atoms with Gasteiger partial charge in [-0.3, -0.25) is 14.4 Å². The summed E-state index contributed by atoms with van der Waals surface area (Å²) in [6.07, 6.45) is 0.133. The smallest absolute Gasteiger partial charge is 0.292 e. The Hall–Kier alpha value is -2.41. The van der Waals surface area contributed by atoms with Gasteiger partial charge in [-0.05, 0) is 36.4 Å². The third kappa shape index (κ3) is 4.47. The summed E-state index contributed by atoms with van der Waals surface area (Å²) < 4.78 is 0. The number of nitrogens with two attached hydrogens (primary N) is 1. The van der Waals surface area contributed by atoms with Gasteiger partial charge in [-0.2, -0.15) is 0 Å². The molecule has 2 aromatic carbocycles. The Balaban J connectivity index is 1.67. The van der Waals surface area contributed by atoms with E-state index in [-0.39, 0.29) is 24.1 Å². The van der Waals surface area contributed by atoms with Crippen LogP contribution < -0.4 is 15.5 Å². The first-order valence-corrected chi connectivity index (χ1v) is 9.12. The van der Waals surface area contributed by atoms with Crippen LogP contribution >= 0.6 is 23.2 Å². The molecular formula is C19H18Cl2N3O3+. The summed E-state index contributed by atoms with van der Waals surface area (Å²) >= 11 is 11.9. The average Bonchev–Trinajstić information content (AvgIpc) is 2.90. The van der Waals surface area contributed by atoms with Gasteiger partial charge < -0.3 is 10.6 Å². The largest absolute Gasteiger partial charge is 0.332 e. The molecule has 1 atom stereocenters. The molecule has 0 spiro atoms. The van der Waals surface area contributed by atoms with Crippen molar-refractivity contribution < 1.29 is 19.7 Å². The van der Waals surface area contributed by atoms with Crippen LogP contribution in [0.2, 0.25) is 10.0 Å². The van der Waals surface area contributed by atoms with E-state index in [1.165, 1.54) is 11.8 Å². The number of amides is 3. The first kappa shape index (κ1) is 19.4. The quantitative estimate of drug-likeness (QED) is 0.747. The molecule has 3 N–H and O–H groups in total. The van der Waals surface area contributed by atoms with Crippen LogP contribution in [-0.4, -0.2) is 23.8 Å². The summed E-state index contributed by atoms with van der Waals surface area (Å²) in [5, 5.41) is 5.40. The van der Waals surface area contributed by atoms with E-state index >= 15 is 0 Å². The van der Waals surface area contributed by atoms with Crippen LogP contribution in [0.3, 0.4) is 0 Å². The van der Waals surface area contributed by atoms with E-state index in [1.807, 2.05) is 11.4 Å². The van der Waals surface area contributed by atoms with Gasteiger partial charge in [-0.25, -0.2) is 4.90 Å². The molecule has 8 heteroatoms. The number of nitrogens with zero attached hydrogens (tertiary/aromatic N) is 1. The number of carbonyl (C=O) groups excluding carboxylic acids is 3. The summed E-state index contributed by atoms with van der Waals surface area (Å²) in [6, 6.07) is 11.4. The number of rotatable bonds is 5. The van der Waals surface area contributed by atoms with Crippen LogP contribution in [0.15, 0.2) is 42.5 Å². The predicted molar refractivity (Wildman–Crippen MR) is 104 cm³/mol. The molecule has 140 valence electrons. The highest BCUT2D eigenvalue weighted by atomic mass is 35.5. The number of quaternary nitrogens is 1. The Morgan fingerprint density at radius 1 is 1.15 bits per heavy atom. The minimum atomic E-state index is -0.484. The fraction of sp³-hybridized carbons (Fsp3) is 0.211. The lowest BCUT2D eigenvalue weighted by atomic mass is 10.2. The topological polar surface area (TPSA) is 83.1 Å². The van der Waals surface area contributed by atoms with Crippen molar-refractivity contribution in [3.05, 3.63) is 58.1 Å². The van der Waals surface area contributed by atoms with Gasteiger partial charge in [0.25, 0.3) is 5.91 Å². The molecule has 0 radical (unpaired) electrons. The van der Waals surface area contributed by atoms with Crippen molar-refractivity contribution in [1.29, 1.82) is 0 Å². The van der Waals surface area contributed by atoms with Crippen LogP contribution in [-0.2, 0) is 20.9 Å². The second-order valence-corrected chi connectivity index (χ2v) is 7.11. The van der Waals surface area contributed by atoms with Crippen LogP contribution in [0.1, 0.15) is 18.9 Å². The maximum absolute atomic E-state index is 12.7. The van der Waals surface area contributed by atoms with Gasteiger partial charge in [-0.1, -0.05) is 29.3 Å². The van der Waals surface area contributed by atoms with Crippen molar-refractivity contribution >= 4 is 52.3 Å². The molecule has 0 bridgehead atoms. The molecule has 2 aromatic rings. The third-order valence-electron chi connectivity index (χ3n) is 4.25. The minimum Gasteiger partial charge on any atom is -0.332 e. The van der Waals surface area contributed by atoms with E-state index in [2.05, 4.69) is 5.32 Å². The molecule has 1 aliphatic rings. The second kappa shape index (κ2) is 8.08. The van der Waals surface area contributed by atoms with Crippen molar-refractivity contribution in [2.45, 2.75) is 25.9 Å². The molecule has 1 saturated heterocycles. The Morgan fingerprint density at radius 3 is 2.48 bits per heavy atom. The van der Waals surface area contributed by atoms with Crippen LogP contribution in [0.25, 0.3) is 0 Å². The molecule has 1 aliphatic heterocycles. The number of carbonyl (C=O) groups is 3. The average molecular weight is 407 g/mol. The zero-order valence-corrected chi connectivity index (χ0v) is 16.1. The second-order valence-electron chi connectivity index (χ2n) is 6.29. The van der Waals surface area contributed by atoms with E-state index in [4.69, 9.17) is 23.2 Å². The molecule has 3 rings (SSSR count). The monoisotopic (exact) mass is 406 g/mol. The fourth-order valence-corrected chi connectivity index (χ4v) is 3.27. The van der Waals surface area contributed by atoms with E-state index < -0.39 is 6.04 Å². The van der Waals surface area contributed by atoms with Gasteiger partial charge in [0.1, 0.15) is 6.54 Å². The molecular weight excluding hydrogens is 389 g/mol. The predicted octanol–water partition coefficient (Wildman–Crippen LogP) is 2.35. The van der Waals surface area contributed by atoms with Gasteiger partial charge in [0, 0.05) is 18.2 Å². The lowest BCUT2D eigenvalue weighted by molar-refractivity contribution is -0.690. The van der Waals surface area contributed by atoms with E-state index in [0.717, 1.165) is 5.56 Å². The molecule has 1 heterocycles. The molecule has 0 saturated carbocycles. The van der Waals surface area contributed by atoms with Crippen LogP contribution in [0.5, 0.6) is 0 Å². The maximum atomic E-state index is 12.7. The van der Waals surface area contributed by atoms with E-state index in [0.29, 0.717) is 28.0 Å².